The van der Waals surface area contributed by atoms with Crippen molar-refractivity contribution >= 4 is 23.3 Å². The predicted octanol–water partition coefficient (Wildman–Crippen LogP) is 1.23. The molecular weight excluding hydrogens is 296 g/mol. The van der Waals surface area contributed by atoms with Gasteiger partial charge in [0, 0.05) is 39.3 Å². The van der Waals surface area contributed by atoms with Crippen LogP contribution in [0, 0.1) is 0 Å². The van der Waals surface area contributed by atoms with Crippen molar-refractivity contribution in [2.45, 2.75) is 20.0 Å². The lowest BCUT2D eigenvalue weighted by molar-refractivity contribution is -0.121. The number of anilines is 1. The number of carbonyl (C=O) groups is 1. The molecule has 0 spiro atoms. The van der Waals surface area contributed by atoms with Gasteiger partial charge in [0.1, 0.15) is 17.6 Å². The summed E-state index contributed by atoms with van der Waals surface area (Å²) >= 11 is 5.92. The number of halogens is 1. The van der Waals surface area contributed by atoms with E-state index in [1.54, 1.807) is 13.2 Å². The fourth-order valence-electron chi connectivity index (χ4n) is 1.50. The highest BCUT2D eigenvalue weighted by Crippen LogP contribution is 2.12. The molecule has 1 rings (SSSR count). The molecule has 0 unspecified atom stereocenters. The molecule has 0 atom stereocenters. The number of nitrogens with one attached hydrogen (secondary N) is 2. The van der Waals surface area contributed by atoms with Crippen LogP contribution < -0.4 is 10.6 Å². The fraction of sp³-hybridized carbons (Fsp3) is 0.615. The average molecular weight is 317 g/mol. The average Bonchev–Trinajstić information content (AvgIpc) is 2.45. The minimum absolute atomic E-state index is 0.0470. The van der Waals surface area contributed by atoms with Crippen molar-refractivity contribution in [1.82, 2.24) is 15.3 Å². The molecule has 0 aliphatic heterocycles. The standard InChI is InChI=1S/C13H21ClN4O3/c1-3-21-9-12-17-10(14)8-11(18-12)15-5-4-13(19)16-6-7-20-2/h8H,3-7,9H2,1-2H3,(H,16,19)(H,15,17,18). The summed E-state index contributed by atoms with van der Waals surface area (Å²) in [6, 6.07) is 1.61. The molecule has 0 aliphatic rings. The molecule has 1 aromatic heterocycles. The van der Waals surface area contributed by atoms with E-state index in [0.717, 1.165) is 0 Å². The van der Waals surface area contributed by atoms with Gasteiger partial charge in [-0.3, -0.25) is 4.79 Å². The molecule has 0 radical (unpaired) electrons. The lowest BCUT2D eigenvalue weighted by Crippen LogP contribution is -2.28. The topological polar surface area (TPSA) is 85.4 Å². The molecular formula is C13H21ClN4O3. The van der Waals surface area contributed by atoms with Crippen LogP contribution in [0.4, 0.5) is 5.82 Å². The second-order valence-corrected chi connectivity index (χ2v) is 4.54. The van der Waals surface area contributed by atoms with E-state index in [1.165, 1.54) is 0 Å². The maximum atomic E-state index is 11.5. The van der Waals surface area contributed by atoms with E-state index in [2.05, 4.69) is 20.6 Å². The van der Waals surface area contributed by atoms with E-state index in [1.807, 2.05) is 6.92 Å². The number of methoxy groups -OCH3 is 1. The van der Waals surface area contributed by atoms with Crippen molar-refractivity contribution < 1.29 is 14.3 Å². The zero-order valence-corrected chi connectivity index (χ0v) is 13.1. The minimum atomic E-state index is -0.0470. The first-order chi connectivity index (χ1) is 10.2. The first kappa shape index (κ1) is 17.6. The van der Waals surface area contributed by atoms with Gasteiger partial charge in [-0.15, -0.1) is 0 Å². The molecule has 1 aromatic rings. The molecule has 0 aliphatic carbocycles. The Kier molecular flexibility index (Phi) is 8.65. The largest absolute Gasteiger partial charge is 0.383 e. The maximum Gasteiger partial charge on any atom is 0.221 e. The number of hydrogen-bond donors (Lipinski definition) is 2. The van der Waals surface area contributed by atoms with Crippen molar-refractivity contribution in [2.24, 2.45) is 0 Å². The van der Waals surface area contributed by atoms with Crippen LogP contribution in [-0.2, 0) is 20.9 Å². The van der Waals surface area contributed by atoms with E-state index < -0.39 is 0 Å². The van der Waals surface area contributed by atoms with Gasteiger partial charge in [0.2, 0.25) is 5.91 Å². The fourth-order valence-corrected chi connectivity index (χ4v) is 1.70. The molecule has 1 amide bonds. The lowest BCUT2D eigenvalue weighted by Gasteiger charge is -2.08. The van der Waals surface area contributed by atoms with Crippen molar-refractivity contribution in [1.29, 1.82) is 0 Å². The third-order valence-electron chi connectivity index (χ3n) is 2.46. The molecule has 0 fully saturated rings. The highest BCUT2D eigenvalue weighted by molar-refractivity contribution is 6.29. The highest BCUT2D eigenvalue weighted by Gasteiger charge is 2.05. The van der Waals surface area contributed by atoms with Crippen LogP contribution in [-0.4, -0.2) is 49.3 Å². The predicted molar refractivity (Wildman–Crippen MR) is 80.4 cm³/mol. The molecule has 0 saturated carbocycles. The number of aromatic nitrogens is 2. The number of nitrogens with zero attached hydrogens (tertiary/aromatic N) is 2. The van der Waals surface area contributed by atoms with E-state index in [4.69, 9.17) is 21.1 Å². The van der Waals surface area contributed by atoms with Gasteiger partial charge in [-0.2, -0.15) is 0 Å². The number of amides is 1. The van der Waals surface area contributed by atoms with Gasteiger partial charge < -0.3 is 20.1 Å². The Balaban J connectivity index is 2.37. The molecule has 0 saturated heterocycles. The van der Waals surface area contributed by atoms with Gasteiger partial charge in [0.05, 0.1) is 6.61 Å². The smallest absolute Gasteiger partial charge is 0.221 e. The number of ether oxygens (including phenoxy) is 2. The van der Waals surface area contributed by atoms with E-state index in [9.17, 15) is 4.79 Å². The summed E-state index contributed by atoms with van der Waals surface area (Å²) in [6.45, 7) is 4.25. The third-order valence-corrected chi connectivity index (χ3v) is 2.66. The van der Waals surface area contributed by atoms with E-state index >= 15 is 0 Å². The van der Waals surface area contributed by atoms with Crippen LogP contribution in [0.2, 0.25) is 5.15 Å². The number of hydrogen-bond acceptors (Lipinski definition) is 6. The van der Waals surface area contributed by atoms with Gasteiger partial charge in [-0.1, -0.05) is 11.6 Å². The molecule has 1 heterocycles. The summed E-state index contributed by atoms with van der Waals surface area (Å²) in [4.78, 5) is 19.8. The minimum Gasteiger partial charge on any atom is -0.383 e. The van der Waals surface area contributed by atoms with E-state index in [-0.39, 0.29) is 5.91 Å². The van der Waals surface area contributed by atoms with Crippen LogP contribution in [0.25, 0.3) is 0 Å². The number of rotatable bonds is 10. The monoisotopic (exact) mass is 316 g/mol. The van der Waals surface area contributed by atoms with Crippen molar-refractivity contribution in [3.8, 4) is 0 Å². The summed E-state index contributed by atoms with van der Waals surface area (Å²) in [5.74, 6) is 1.04. The maximum absolute atomic E-state index is 11.5. The zero-order valence-electron chi connectivity index (χ0n) is 12.3. The Morgan fingerprint density at radius 1 is 1.38 bits per heavy atom. The normalized spacial score (nSPS) is 10.4. The third kappa shape index (κ3) is 7.79. The first-order valence-corrected chi connectivity index (χ1v) is 7.14. The Bertz CT molecular complexity index is 445. The SMILES string of the molecule is CCOCc1nc(Cl)cc(NCCC(=O)NCCOC)n1. The second kappa shape index (κ2) is 10.3. The quantitative estimate of drug-likeness (QED) is 0.499. The summed E-state index contributed by atoms with van der Waals surface area (Å²) in [6.07, 6.45) is 0.339. The van der Waals surface area contributed by atoms with Crippen LogP contribution >= 0.6 is 11.6 Å². The molecule has 2 N–H and O–H groups in total. The summed E-state index contributed by atoms with van der Waals surface area (Å²) < 4.78 is 10.1. The summed E-state index contributed by atoms with van der Waals surface area (Å²) in [7, 11) is 1.59. The van der Waals surface area contributed by atoms with Crippen molar-refractivity contribution in [2.75, 3.05) is 38.7 Å². The molecule has 8 heteroatoms. The van der Waals surface area contributed by atoms with Gasteiger partial charge >= 0.3 is 0 Å². The Hall–Kier alpha value is -1.44. The van der Waals surface area contributed by atoms with Gasteiger partial charge in [-0.05, 0) is 6.92 Å². The lowest BCUT2D eigenvalue weighted by atomic mass is 10.4. The van der Waals surface area contributed by atoms with Gasteiger partial charge in [0.15, 0.2) is 5.82 Å². The van der Waals surface area contributed by atoms with Crippen molar-refractivity contribution in [3.05, 3.63) is 17.0 Å². The highest BCUT2D eigenvalue weighted by atomic mass is 35.5. The van der Waals surface area contributed by atoms with Crippen LogP contribution in [0.1, 0.15) is 19.2 Å². The summed E-state index contributed by atoms with van der Waals surface area (Å²) in [5.41, 5.74) is 0. The Morgan fingerprint density at radius 3 is 2.90 bits per heavy atom. The first-order valence-electron chi connectivity index (χ1n) is 6.76. The molecule has 0 aromatic carbocycles. The Labute approximate surface area is 129 Å². The van der Waals surface area contributed by atoms with Gasteiger partial charge in [0.25, 0.3) is 0 Å². The number of carbonyl (C=O) groups excluding carboxylic acids is 1. The van der Waals surface area contributed by atoms with E-state index in [0.29, 0.717) is 56.1 Å². The van der Waals surface area contributed by atoms with Crippen molar-refractivity contribution in [3.63, 3.8) is 0 Å². The zero-order chi connectivity index (χ0) is 15.5. The molecule has 118 valence electrons. The molecule has 21 heavy (non-hydrogen) atoms. The van der Waals surface area contributed by atoms with Crippen LogP contribution in [0.15, 0.2) is 6.07 Å². The van der Waals surface area contributed by atoms with Gasteiger partial charge in [-0.25, -0.2) is 9.97 Å². The second-order valence-electron chi connectivity index (χ2n) is 4.15. The van der Waals surface area contributed by atoms with Crippen LogP contribution in [0.3, 0.4) is 0 Å². The molecule has 7 nitrogen and oxygen atoms in total. The Morgan fingerprint density at radius 2 is 2.19 bits per heavy atom. The molecule has 0 bridgehead atoms. The van der Waals surface area contributed by atoms with Crippen LogP contribution in [0.5, 0.6) is 0 Å². The summed E-state index contributed by atoms with van der Waals surface area (Å²) in [5, 5.41) is 6.12.